The molecule has 3 aromatic carbocycles. The number of hydrogen-bond acceptors (Lipinski definition) is 3. The quantitative estimate of drug-likeness (QED) is 0.626. The van der Waals surface area contributed by atoms with Gasteiger partial charge in [0.05, 0.1) is 29.4 Å². The lowest BCUT2D eigenvalue weighted by atomic mass is 9.72. The average molecular weight is 448 g/mol. The number of aliphatic hydroxyl groups is 1. The van der Waals surface area contributed by atoms with Crippen molar-refractivity contribution in [3.63, 3.8) is 0 Å². The van der Waals surface area contributed by atoms with Gasteiger partial charge in [-0.05, 0) is 35.9 Å². The number of para-hydroxylation sites is 2. The Labute approximate surface area is 191 Å². The predicted octanol–water partition coefficient (Wildman–Crippen LogP) is 4.36. The normalized spacial score (nSPS) is 21.2. The zero-order valence-electron chi connectivity index (χ0n) is 17.2. The first-order valence-electron chi connectivity index (χ1n) is 10.5. The summed E-state index contributed by atoms with van der Waals surface area (Å²) in [6.45, 7) is 0.180. The van der Waals surface area contributed by atoms with Gasteiger partial charge in [0, 0.05) is 23.7 Å². The number of nitrogens with one attached hydrogen (secondary N) is 1. The van der Waals surface area contributed by atoms with Crippen molar-refractivity contribution in [2.75, 3.05) is 23.4 Å². The lowest BCUT2D eigenvalue weighted by Gasteiger charge is -2.58. The van der Waals surface area contributed by atoms with Crippen LogP contribution >= 0.6 is 11.6 Å². The number of halogens is 1. The third-order valence-corrected chi connectivity index (χ3v) is 6.63. The molecule has 3 aromatic rings. The van der Waals surface area contributed by atoms with Crippen LogP contribution in [0.1, 0.15) is 21.8 Å². The maximum absolute atomic E-state index is 13.3. The van der Waals surface area contributed by atoms with E-state index in [2.05, 4.69) is 5.32 Å². The van der Waals surface area contributed by atoms with Crippen molar-refractivity contribution in [1.29, 1.82) is 0 Å². The molecule has 162 valence electrons. The Hall–Kier alpha value is -3.35. The van der Waals surface area contributed by atoms with Gasteiger partial charge >= 0.3 is 6.03 Å². The first-order valence-corrected chi connectivity index (χ1v) is 10.9. The number of urea groups is 1. The molecule has 3 atom stereocenters. The largest absolute Gasteiger partial charge is 0.394 e. The van der Waals surface area contributed by atoms with Crippen LogP contribution in [0.4, 0.5) is 16.2 Å². The lowest BCUT2D eigenvalue weighted by molar-refractivity contribution is -0.00265. The zero-order valence-corrected chi connectivity index (χ0v) is 17.9. The fraction of sp³-hybridized carbons (Fsp3) is 0.200. The minimum Gasteiger partial charge on any atom is -0.394 e. The Balaban J connectivity index is 1.48. The van der Waals surface area contributed by atoms with Gasteiger partial charge in [0.2, 0.25) is 0 Å². The monoisotopic (exact) mass is 447 g/mol. The molecule has 0 radical (unpaired) electrons. The molecule has 1 saturated heterocycles. The summed E-state index contributed by atoms with van der Waals surface area (Å²) in [5.41, 5.74) is 2.89. The third kappa shape index (κ3) is 3.32. The van der Waals surface area contributed by atoms with Crippen molar-refractivity contribution >= 4 is 34.9 Å². The van der Waals surface area contributed by atoms with Gasteiger partial charge in [-0.15, -0.1) is 0 Å². The average Bonchev–Trinajstić information content (AvgIpc) is 2.81. The number of carbonyl (C=O) groups is 2. The molecule has 7 heteroatoms. The number of hydrogen-bond donors (Lipinski definition) is 2. The Bertz CT molecular complexity index is 1170. The summed E-state index contributed by atoms with van der Waals surface area (Å²) in [5, 5.41) is 13.4. The number of nitrogens with zero attached hydrogens (tertiary/aromatic N) is 2. The van der Waals surface area contributed by atoms with Crippen LogP contribution in [0, 0.1) is 0 Å². The molecule has 0 unspecified atom stereocenters. The number of fused-ring (bicyclic) bond motifs is 3. The first-order chi connectivity index (χ1) is 15.6. The van der Waals surface area contributed by atoms with Crippen LogP contribution in [0.15, 0.2) is 78.9 Å². The maximum Gasteiger partial charge on any atom is 0.322 e. The highest BCUT2D eigenvalue weighted by Gasteiger charge is 2.55. The number of rotatable bonds is 3. The predicted molar refractivity (Wildman–Crippen MR) is 124 cm³/mol. The Morgan fingerprint density at radius 1 is 0.969 bits per heavy atom. The SMILES string of the molecule is O=C(c1ccccc1)N1C[C@@H]2[C@H](c3ccccc31)[C@@H](CO)N2C(=O)Nc1ccccc1Cl. The van der Waals surface area contributed by atoms with E-state index in [-0.39, 0.29) is 36.5 Å². The highest BCUT2D eigenvalue weighted by Crippen LogP contribution is 2.48. The molecule has 0 aliphatic carbocycles. The summed E-state index contributed by atoms with van der Waals surface area (Å²) in [4.78, 5) is 29.9. The van der Waals surface area contributed by atoms with E-state index < -0.39 is 0 Å². The minimum atomic E-state index is -0.377. The van der Waals surface area contributed by atoms with Crippen molar-refractivity contribution in [2.24, 2.45) is 0 Å². The van der Waals surface area contributed by atoms with Crippen LogP contribution in [0.3, 0.4) is 0 Å². The van der Waals surface area contributed by atoms with Crippen molar-refractivity contribution in [1.82, 2.24) is 4.90 Å². The number of likely N-dealkylation sites (tertiary alicyclic amines) is 1. The molecule has 3 amide bonds. The van der Waals surface area contributed by atoms with E-state index in [4.69, 9.17) is 11.6 Å². The second kappa shape index (κ2) is 8.30. The number of aliphatic hydroxyl groups excluding tert-OH is 1. The molecule has 2 heterocycles. The van der Waals surface area contributed by atoms with E-state index >= 15 is 0 Å². The lowest BCUT2D eigenvalue weighted by Crippen LogP contribution is -2.71. The van der Waals surface area contributed by atoms with Gasteiger partial charge in [0.1, 0.15) is 0 Å². The summed E-state index contributed by atoms with van der Waals surface area (Å²) in [6.07, 6.45) is 0. The molecular weight excluding hydrogens is 426 g/mol. The molecule has 5 rings (SSSR count). The van der Waals surface area contributed by atoms with E-state index in [1.807, 2.05) is 42.5 Å². The molecule has 0 spiro atoms. The molecule has 2 aliphatic rings. The van der Waals surface area contributed by atoms with Gasteiger partial charge in [-0.25, -0.2) is 4.79 Å². The van der Waals surface area contributed by atoms with E-state index in [0.29, 0.717) is 22.8 Å². The molecule has 2 aliphatic heterocycles. The highest BCUT2D eigenvalue weighted by atomic mass is 35.5. The van der Waals surface area contributed by atoms with Crippen LogP contribution in [0.5, 0.6) is 0 Å². The van der Waals surface area contributed by atoms with E-state index in [1.165, 1.54) is 0 Å². The van der Waals surface area contributed by atoms with Gasteiger partial charge < -0.3 is 20.2 Å². The van der Waals surface area contributed by atoms with Crippen LogP contribution in [-0.2, 0) is 0 Å². The summed E-state index contributed by atoms with van der Waals surface area (Å²) < 4.78 is 0. The van der Waals surface area contributed by atoms with Crippen molar-refractivity contribution in [2.45, 2.75) is 18.0 Å². The molecule has 0 saturated carbocycles. The fourth-order valence-electron chi connectivity index (χ4n) is 4.84. The highest BCUT2D eigenvalue weighted by molar-refractivity contribution is 6.33. The first kappa shape index (κ1) is 20.5. The summed E-state index contributed by atoms with van der Waals surface area (Å²) in [6, 6.07) is 22.9. The summed E-state index contributed by atoms with van der Waals surface area (Å²) >= 11 is 6.21. The molecule has 1 fully saturated rings. The van der Waals surface area contributed by atoms with Crippen LogP contribution in [0.2, 0.25) is 5.02 Å². The van der Waals surface area contributed by atoms with Gasteiger partial charge in [-0.3, -0.25) is 4.79 Å². The van der Waals surface area contributed by atoms with Crippen LogP contribution < -0.4 is 10.2 Å². The molecule has 6 nitrogen and oxygen atoms in total. The Morgan fingerprint density at radius 2 is 1.66 bits per heavy atom. The van der Waals surface area contributed by atoms with E-state index in [0.717, 1.165) is 11.3 Å². The van der Waals surface area contributed by atoms with Crippen LogP contribution in [-0.4, -0.2) is 47.2 Å². The standard InChI is InChI=1S/C25H22ClN3O3/c26-18-11-5-6-12-19(18)27-25(32)29-21-14-28(24(31)16-8-2-1-3-9-16)20-13-7-4-10-17(20)23(21)22(29)15-30/h1-13,21-23,30H,14-15H2,(H,27,32)/t21-,22-,23+/m1/s1. The third-order valence-electron chi connectivity index (χ3n) is 6.30. The van der Waals surface area contributed by atoms with Crippen molar-refractivity contribution < 1.29 is 14.7 Å². The smallest absolute Gasteiger partial charge is 0.322 e. The van der Waals surface area contributed by atoms with E-state index in [9.17, 15) is 14.7 Å². The fourth-order valence-corrected chi connectivity index (χ4v) is 5.02. The Kier molecular flexibility index (Phi) is 5.33. The molecule has 0 aromatic heterocycles. The second-order valence-corrected chi connectivity index (χ2v) is 8.41. The topological polar surface area (TPSA) is 72.9 Å². The number of benzene rings is 3. The van der Waals surface area contributed by atoms with Gasteiger partial charge in [-0.2, -0.15) is 0 Å². The second-order valence-electron chi connectivity index (χ2n) is 8.00. The number of anilines is 2. The van der Waals surface area contributed by atoms with Gasteiger partial charge in [-0.1, -0.05) is 60.1 Å². The summed E-state index contributed by atoms with van der Waals surface area (Å²) in [5.74, 6) is -0.163. The van der Waals surface area contributed by atoms with Gasteiger partial charge in [0.25, 0.3) is 5.91 Å². The maximum atomic E-state index is 13.3. The Morgan fingerprint density at radius 3 is 2.41 bits per heavy atom. The van der Waals surface area contributed by atoms with Crippen LogP contribution in [0.25, 0.3) is 0 Å². The molecule has 0 bridgehead atoms. The van der Waals surface area contributed by atoms with Crippen molar-refractivity contribution in [3.8, 4) is 0 Å². The summed E-state index contributed by atoms with van der Waals surface area (Å²) in [7, 11) is 0. The molecule has 32 heavy (non-hydrogen) atoms. The van der Waals surface area contributed by atoms with E-state index in [1.54, 1.807) is 46.2 Å². The van der Waals surface area contributed by atoms with Gasteiger partial charge in [0.15, 0.2) is 0 Å². The molecular formula is C25H22ClN3O3. The van der Waals surface area contributed by atoms with Crippen molar-refractivity contribution in [3.05, 3.63) is 95.0 Å². The molecule has 2 N–H and O–H groups in total. The minimum absolute atomic E-state index is 0.0481. The number of amides is 3. The zero-order chi connectivity index (χ0) is 22.2. The number of carbonyl (C=O) groups excluding carboxylic acids is 2.